The van der Waals surface area contributed by atoms with Crippen LogP contribution in [-0.4, -0.2) is 158 Å². The number of aromatic nitrogens is 9. The van der Waals surface area contributed by atoms with Crippen molar-refractivity contribution in [2.75, 3.05) is 50.3 Å². The maximum atomic E-state index is 13.2. The van der Waals surface area contributed by atoms with Crippen molar-refractivity contribution in [2.24, 2.45) is 0 Å². The summed E-state index contributed by atoms with van der Waals surface area (Å²) in [6.45, 7) is 6.67. The standard InChI is InChI=1S/C29H29N5O4.C25H25N5O3.C14H15F3N4O3/c1-20(2)26(35)31-24-7-4-3-6-23(24)21-9-11-22(12-10-21)27(36)32-16-13-29(38,14-17-32)18-33-19-30-34-15-5-8-25(34)28(33)37;26-21-5-2-1-4-20(21)18-7-9-19(10-8-18)23(31)28-14-11-25(33,12-15-28)16-29-17-27-30-13-3-6-22(30)24(29)32;15-14(16,17)12(23)19-6-3-13(24,4-7-19)8-20-9-18-21-5-1-2-10(21)11(20)22/h3-12,15,19,38H,1,13-14,16-18H2,2H3,(H,31,35);1-10,13,17,33H,11-12,14-16,26H2;1-2,5,9,24H,3-4,6-8H2. The molecule has 9 heterocycles. The molecule has 0 bridgehead atoms. The van der Waals surface area contributed by atoms with E-state index in [0.29, 0.717) is 101 Å². The van der Waals surface area contributed by atoms with Crippen LogP contribution in [0.15, 0.2) is 198 Å². The van der Waals surface area contributed by atoms with Crippen LogP contribution in [0, 0.1) is 0 Å². The SMILES string of the molecule is C=C(C)C(=O)Nc1ccccc1-c1ccc(C(=O)N2CCC(O)(Cn3cnn4cccc4c3=O)CC2)cc1.Nc1ccccc1-c1ccc(C(=O)N2CCC(O)(Cn3cnn4cccc4c3=O)CC2)cc1.O=C(N1CCC(O)(Cn2cnn3cccc3c2=O)CC1)C(F)(F)F. The van der Waals surface area contributed by atoms with Crippen molar-refractivity contribution < 1.29 is 47.7 Å². The van der Waals surface area contributed by atoms with Gasteiger partial charge in [0.25, 0.3) is 34.4 Å². The Morgan fingerprint density at radius 1 is 0.505 bits per heavy atom. The first-order valence-electron chi connectivity index (χ1n) is 30.7. The number of hydrogen-bond donors (Lipinski definition) is 5. The molecular weight excluding hydrogens is 1230 g/mol. The summed E-state index contributed by atoms with van der Waals surface area (Å²) in [4.78, 5) is 91.3. The second-order valence-corrected chi connectivity index (χ2v) is 24.3. The predicted octanol–water partition coefficient (Wildman–Crippen LogP) is 6.17. The maximum absolute atomic E-state index is 13.2. The predicted molar refractivity (Wildman–Crippen MR) is 347 cm³/mol. The summed E-state index contributed by atoms with van der Waals surface area (Å²) in [6.07, 6.45) is 5.64. The van der Waals surface area contributed by atoms with Gasteiger partial charge in [0.2, 0.25) is 0 Å². The lowest BCUT2D eigenvalue weighted by molar-refractivity contribution is -0.189. The lowest BCUT2D eigenvalue weighted by Gasteiger charge is -2.38. The highest BCUT2D eigenvalue weighted by atomic mass is 19.4. The zero-order valence-corrected chi connectivity index (χ0v) is 51.8. The van der Waals surface area contributed by atoms with Gasteiger partial charge in [0, 0.05) is 97.1 Å². The van der Waals surface area contributed by atoms with Gasteiger partial charge in [0.05, 0.1) is 36.4 Å². The van der Waals surface area contributed by atoms with Gasteiger partial charge in [0.15, 0.2) is 0 Å². The molecular formula is C68H69F3N14O10. The number of anilines is 2. The van der Waals surface area contributed by atoms with E-state index >= 15 is 0 Å². The first kappa shape index (κ1) is 65.7. The average molecular weight is 1300 g/mol. The number of likely N-dealkylation sites (tertiary alicyclic amines) is 3. The number of amides is 4. The van der Waals surface area contributed by atoms with Gasteiger partial charge in [-0.3, -0.25) is 47.3 Å². The smallest absolute Gasteiger partial charge is 0.398 e. The van der Waals surface area contributed by atoms with Crippen LogP contribution in [0.5, 0.6) is 0 Å². The number of carbonyl (C=O) groups is 4. The molecule has 6 aromatic heterocycles. The molecule has 6 N–H and O–H groups in total. The van der Waals surface area contributed by atoms with Crippen LogP contribution >= 0.6 is 0 Å². The number of aliphatic hydroxyl groups is 3. The number of halogens is 3. The van der Waals surface area contributed by atoms with Gasteiger partial charge < -0.3 is 41.1 Å². The normalized spacial score (nSPS) is 15.9. The van der Waals surface area contributed by atoms with E-state index in [4.69, 9.17) is 5.73 Å². The molecule has 4 aromatic carbocycles. The largest absolute Gasteiger partial charge is 0.471 e. The molecule has 24 nitrogen and oxygen atoms in total. The fourth-order valence-electron chi connectivity index (χ4n) is 12.0. The number of rotatable bonds is 12. The van der Waals surface area contributed by atoms with Gasteiger partial charge in [0.1, 0.15) is 35.5 Å². The summed E-state index contributed by atoms with van der Waals surface area (Å²) in [5.41, 5.74) is 9.53. The number of para-hydroxylation sites is 2. The van der Waals surface area contributed by atoms with Gasteiger partial charge in [-0.25, -0.2) is 13.5 Å². The van der Waals surface area contributed by atoms with Crippen LogP contribution in [-0.2, 0) is 29.2 Å². The number of benzene rings is 4. The molecule has 3 aliphatic rings. The van der Waals surface area contributed by atoms with E-state index in [2.05, 4.69) is 27.2 Å². The first-order valence-corrected chi connectivity index (χ1v) is 30.7. The molecule has 0 radical (unpaired) electrons. The number of hydrogen-bond acceptors (Lipinski definition) is 14. The quantitative estimate of drug-likeness (QED) is 0.0676. The minimum absolute atomic E-state index is 0.0482. The maximum Gasteiger partial charge on any atom is 0.471 e. The Morgan fingerprint density at radius 3 is 1.22 bits per heavy atom. The molecule has 3 saturated heterocycles. The number of fused-ring (bicyclic) bond motifs is 3. The molecule has 95 heavy (non-hydrogen) atoms. The monoisotopic (exact) mass is 1300 g/mol. The van der Waals surface area contributed by atoms with E-state index in [9.17, 15) is 62.1 Å². The summed E-state index contributed by atoms with van der Waals surface area (Å²) in [6, 6.07) is 39.9. The van der Waals surface area contributed by atoms with Gasteiger partial charge in [-0.1, -0.05) is 67.2 Å². The molecule has 4 amide bonds. The second-order valence-electron chi connectivity index (χ2n) is 24.3. The Balaban J connectivity index is 0.000000149. The van der Waals surface area contributed by atoms with Gasteiger partial charge in [-0.2, -0.15) is 28.5 Å². The summed E-state index contributed by atoms with van der Waals surface area (Å²) in [5.74, 6) is -2.34. The minimum Gasteiger partial charge on any atom is -0.398 e. The third-order valence-corrected chi connectivity index (χ3v) is 17.6. The van der Waals surface area contributed by atoms with E-state index in [1.807, 2.05) is 84.9 Å². The molecule has 0 aliphatic carbocycles. The molecule has 27 heteroatoms. The number of nitrogens with zero attached hydrogens (tertiary/aromatic N) is 12. The topological polar surface area (TPSA) is 295 Å². The Hall–Kier alpha value is -10.8. The highest BCUT2D eigenvalue weighted by Gasteiger charge is 2.45. The van der Waals surface area contributed by atoms with Crippen molar-refractivity contribution >= 4 is 51.6 Å². The lowest BCUT2D eigenvalue weighted by atomic mass is 9.90. The molecule has 492 valence electrons. The summed E-state index contributed by atoms with van der Waals surface area (Å²) < 4.78 is 45.8. The van der Waals surface area contributed by atoms with E-state index < -0.39 is 28.9 Å². The number of nitrogens with two attached hydrogens (primary N) is 1. The van der Waals surface area contributed by atoms with E-state index in [1.54, 1.807) is 83.8 Å². The van der Waals surface area contributed by atoms with Crippen molar-refractivity contribution in [1.82, 2.24) is 57.2 Å². The number of carbonyl (C=O) groups excluding carboxylic acids is 4. The Bertz CT molecular complexity index is 4680. The Morgan fingerprint density at radius 2 is 0.853 bits per heavy atom. The third-order valence-electron chi connectivity index (χ3n) is 17.6. The molecule has 0 saturated carbocycles. The first-order chi connectivity index (χ1) is 45.4. The molecule has 3 fully saturated rings. The molecule has 0 spiro atoms. The van der Waals surface area contributed by atoms with E-state index in [-0.39, 0.29) is 80.0 Å². The summed E-state index contributed by atoms with van der Waals surface area (Å²) in [5, 5.41) is 48.1. The van der Waals surface area contributed by atoms with Gasteiger partial charge >= 0.3 is 12.1 Å². The summed E-state index contributed by atoms with van der Waals surface area (Å²) >= 11 is 0. The van der Waals surface area contributed by atoms with Gasteiger partial charge in [-0.15, -0.1) is 0 Å². The zero-order chi connectivity index (χ0) is 67.4. The van der Waals surface area contributed by atoms with E-state index in [0.717, 1.165) is 22.3 Å². The third kappa shape index (κ3) is 14.7. The highest BCUT2D eigenvalue weighted by Crippen LogP contribution is 2.32. The Labute approximate surface area is 540 Å². The van der Waals surface area contributed by atoms with Crippen LogP contribution < -0.4 is 27.7 Å². The van der Waals surface area contributed by atoms with Crippen molar-refractivity contribution in [3.8, 4) is 22.3 Å². The van der Waals surface area contributed by atoms with Crippen LogP contribution in [0.25, 0.3) is 38.8 Å². The van der Waals surface area contributed by atoms with Crippen molar-refractivity contribution in [3.05, 3.63) is 225 Å². The molecule has 0 unspecified atom stereocenters. The Kier molecular flexibility index (Phi) is 18.7. The van der Waals surface area contributed by atoms with Crippen molar-refractivity contribution in [2.45, 2.75) is 88.1 Å². The fraction of sp³-hybridized carbons (Fsp3) is 0.294. The van der Waals surface area contributed by atoms with Crippen molar-refractivity contribution in [1.29, 1.82) is 0 Å². The van der Waals surface area contributed by atoms with Gasteiger partial charge in [-0.05, 0) is 129 Å². The van der Waals surface area contributed by atoms with Crippen LogP contribution in [0.1, 0.15) is 66.2 Å². The van der Waals surface area contributed by atoms with Crippen LogP contribution in [0.2, 0.25) is 0 Å². The molecule has 3 aliphatic heterocycles. The zero-order valence-electron chi connectivity index (χ0n) is 51.8. The minimum atomic E-state index is -4.92. The van der Waals surface area contributed by atoms with Crippen LogP contribution in [0.3, 0.4) is 0 Å². The number of nitrogens with one attached hydrogen (secondary N) is 1. The molecule has 10 aromatic rings. The molecule has 13 rings (SSSR count). The molecule has 0 atom stereocenters. The van der Waals surface area contributed by atoms with Crippen LogP contribution in [0.4, 0.5) is 24.5 Å². The van der Waals surface area contributed by atoms with E-state index in [1.165, 1.54) is 46.2 Å². The summed E-state index contributed by atoms with van der Waals surface area (Å²) in [7, 11) is 0. The highest BCUT2D eigenvalue weighted by molar-refractivity contribution is 6.05. The van der Waals surface area contributed by atoms with Crippen molar-refractivity contribution in [3.63, 3.8) is 0 Å². The number of nitrogen functional groups attached to an aromatic ring is 1. The second kappa shape index (κ2) is 27.1. The fourth-order valence-corrected chi connectivity index (χ4v) is 12.0. The average Bonchev–Trinajstić information content (AvgIpc) is 1.80. The number of alkyl halides is 3. The number of piperidine rings is 3. The lowest BCUT2D eigenvalue weighted by Crippen LogP contribution is -2.52.